The van der Waals surface area contributed by atoms with Gasteiger partial charge in [0.15, 0.2) is 0 Å². The molecule has 1 aliphatic heterocycles. The van der Waals surface area contributed by atoms with Crippen LogP contribution in [0.4, 0.5) is 0 Å². The molecular weight excluding hydrogens is 288 g/mol. The van der Waals surface area contributed by atoms with Gasteiger partial charge in [-0.1, -0.05) is 61.4 Å². The van der Waals surface area contributed by atoms with E-state index < -0.39 is 0 Å². The third-order valence-electron chi connectivity index (χ3n) is 3.94. The summed E-state index contributed by atoms with van der Waals surface area (Å²) in [5, 5.41) is 1.12. The van der Waals surface area contributed by atoms with Gasteiger partial charge in [-0.05, 0) is 13.0 Å². The van der Waals surface area contributed by atoms with Crippen molar-refractivity contribution >= 4 is 15.9 Å². The highest BCUT2D eigenvalue weighted by atomic mass is 79.9. The van der Waals surface area contributed by atoms with E-state index in [0.29, 0.717) is 0 Å². The first-order valence-electron chi connectivity index (χ1n) is 7.87. The molecule has 0 amide bonds. The molecular formula is C15H31BrN2. The topological polar surface area (TPSA) is 6.48 Å². The van der Waals surface area contributed by atoms with E-state index in [4.69, 9.17) is 0 Å². The number of nitrogens with zero attached hydrogens (tertiary/aromatic N) is 2. The van der Waals surface area contributed by atoms with Crippen molar-refractivity contribution in [2.75, 3.05) is 44.6 Å². The van der Waals surface area contributed by atoms with E-state index in [1.165, 1.54) is 84.2 Å². The normalized spacial score (nSPS) is 18.3. The summed E-state index contributed by atoms with van der Waals surface area (Å²) >= 11 is 3.52. The number of halogens is 1. The molecule has 0 radical (unpaired) electrons. The Hall–Kier alpha value is 0.400. The molecule has 0 aromatic carbocycles. The Morgan fingerprint density at radius 3 is 1.78 bits per heavy atom. The molecule has 1 aliphatic rings. The van der Waals surface area contributed by atoms with Crippen LogP contribution in [0.3, 0.4) is 0 Å². The van der Waals surface area contributed by atoms with Crippen LogP contribution in [-0.4, -0.2) is 54.4 Å². The number of piperazine rings is 1. The van der Waals surface area contributed by atoms with Gasteiger partial charge in [0.1, 0.15) is 0 Å². The first-order chi connectivity index (χ1) is 8.86. The quantitative estimate of drug-likeness (QED) is 0.447. The van der Waals surface area contributed by atoms with Crippen LogP contribution in [0.25, 0.3) is 0 Å². The first kappa shape index (κ1) is 16.5. The lowest BCUT2D eigenvalue weighted by molar-refractivity contribution is 0.136. The molecule has 0 aliphatic carbocycles. The van der Waals surface area contributed by atoms with Crippen LogP contribution in [0.2, 0.25) is 0 Å². The van der Waals surface area contributed by atoms with E-state index >= 15 is 0 Å². The van der Waals surface area contributed by atoms with Crippen molar-refractivity contribution < 1.29 is 0 Å². The number of hydrogen-bond donors (Lipinski definition) is 0. The third kappa shape index (κ3) is 7.75. The van der Waals surface area contributed by atoms with Gasteiger partial charge < -0.3 is 4.90 Å². The molecule has 1 saturated heterocycles. The van der Waals surface area contributed by atoms with Crippen LogP contribution >= 0.6 is 15.9 Å². The van der Waals surface area contributed by atoms with Crippen molar-refractivity contribution in [3.63, 3.8) is 0 Å². The van der Waals surface area contributed by atoms with Crippen LogP contribution in [-0.2, 0) is 0 Å². The predicted molar refractivity (Wildman–Crippen MR) is 84.7 cm³/mol. The molecule has 0 N–H and O–H groups in total. The monoisotopic (exact) mass is 318 g/mol. The van der Waals surface area contributed by atoms with Crippen LogP contribution < -0.4 is 0 Å². The predicted octanol–water partition coefficient (Wildman–Crippen LogP) is 3.75. The van der Waals surface area contributed by atoms with Gasteiger partial charge in [0.25, 0.3) is 0 Å². The molecule has 0 bridgehead atoms. The van der Waals surface area contributed by atoms with Gasteiger partial charge in [-0.15, -0.1) is 0 Å². The maximum Gasteiger partial charge on any atom is 0.0159 e. The van der Waals surface area contributed by atoms with E-state index in [0.717, 1.165) is 5.33 Å². The van der Waals surface area contributed by atoms with E-state index in [-0.39, 0.29) is 0 Å². The minimum absolute atomic E-state index is 1.12. The summed E-state index contributed by atoms with van der Waals surface area (Å²) in [4.78, 5) is 5.22. The zero-order valence-electron chi connectivity index (χ0n) is 12.2. The van der Waals surface area contributed by atoms with Gasteiger partial charge in [-0.25, -0.2) is 0 Å². The van der Waals surface area contributed by atoms with Gasteiger partial charge in [-0.3, -0.25) is 4.90 Å². The van der Waals surface area contributed by atoms with Crippen molar-refractivity contribution in [1.29, 1.82) is 0 Å². The molecule has 2 nitrogen and oxygen atoms in total. The molecule has 108 valence electrons. The fourth-order valence-corrected chi connectivity index (χ4v) is 3.15. The molecule has 1 heterocycles. The second-order valence-corrected chi connectivity index (χ2v) is 6.29. The van der Waals surface area contributed by atoms with Gasteiger partial charge in [0.05, 0.1) is 0 Å². The SMILES string of the molecule is CCCCCCCCCN1CCN(CCBr)CC1. The Kier molecular flexibility index (Phi) is 10.3. The Bertz CT molecular complexity index is 179. The Balaban J connectivity index is 1.88. The van der Waals surface area contributed by atoms with Crippen LogP contribution in [0, 0.1) is 0 Å². The molecule has 18 heavy (non-hydrogen) atoms. The van der Waals surface area contributed by atoms with Gasteiger partial charge in [0.2, 0.25) is 0 Å². The summed E-state index contributed by atoms with van der Waals surface area (Å²) in [6.45, 7) is 9.92. The fourth-order valence-electron chi connectivity index (χ4n) is 2.65. The average molecular weight is 319 g/mol. The zero-order valence-corrected chi connectivity index (χ0v) is 13.8. The van der Waals surface area contributed by atoms with Crippen molar-refractivity contribution in [3.8, 4) is 0 Å². The van der Waals surface area contributed by atoms with Crippen molar-refractivity contribution in [3.05, 3.63) is 0 Å². The number of rotatable bonds is 10. The molecule has 0 spiro atoms. The highest BCUT2D eigenvalue weighted by molar-refractivity contribution is 9.09. The minimum atomic E-state index is 1.12. The molecule has 1 rings (SSSR count). The Labute approximate surface area is 122 Å². The molecule has 0 saturated carbocycles. The Morgan fingerprint density at radius 1 is 0.722 bits per heavy atom. The van der Waals surface area contributed by atoms with E-state index in [1.54, 1.807) is 0 Å². The Morgan fingerprint density at radius 2 is 1.22 bits per heavy atom. The lowest BCUT2D eigenvalue weighted by atomic mass is 10.1. The maximum absolute atomic E-state index is 3.52. The number of alkyl halides is 1. The minimum Gasteiger partial charge on any atom is -0.301 e. The summed E-state index contributed by atoms with van der Waals surface area (Å²) in [5.74, 6) is 0. The molecule has 0 atom stereocenters. The van der Waals surface area contributed by atoms with Crippen LogP contribution in [0.1, 0.15) is 51.9 Å². The standard InChI is InChI=1S/C15H31BrN2/c1-2-3-4-5-6-7-8-10-17-12-14-18(11-9-16)15-13-17/h2-15H2,1H3. The molecule has 3 heteroatoms. The average Bonchev–Trinajstić information content (AvgIpc) is 2.40. The largest absolute Gasteiger partial charge is 0.301 e. The van der Waals surface area contributed by atoms with Crippen molar-refractivity contribution in [2.45, 2.75) is 51.9 Å². The molecule has 0 aromatic heterocycles. The third-order valence-corrected chi connectivity index (χ3v) is 4.30. The van der Waals surface area contributed by atoms with E-state index in [2.05, 4.69) is 32.7 Å². The van der Waals surface area contributed by atoms with Gasteiger partial charge >= 0.3 is 0 Å². The summed E-state index contributed by atoms with van der Waals surface area (Å²) in [6, 6.07) is 0. The zero-order chi connectivity index (χ0) is 13.1. The summed E-state index contributed by atoms with van der Waals surface area (Å²) in [7, 11) is 0. The first-order valence-corrected chi connectivity index (χ1v) is 8.99. The molecule has 0 aromatic rings. The van der Waals surface area contributed by atoms with Crippen molar-refractivity contribution in [1.82, 2.24) is 9.80 Å². The second-order valence-electron chi connectivity index (χ2n) is 5.49. The molecule has 0 unspecified atom stereocenters. The van der Waals surface area contributed by atoms with Crippen molar-refractivity contribution in [2.24, 2.45) is 0 Å². The smallest absolute Gasteiger partial charge is 0.0159 e. The van der Waals surface area contributed by atoms with E-state index in [1.807, 2.05) is 0 Å². The maximum atomic E-state index is 3.52. The second kappa shape index (κ2) is 11.2. The highest BCUT2D eigenvalue weighted by Crippen LogP contribution is 2.09. The summed E-state index contributed by atoms with van der Waals surface area (Å²) < 4.78 is 0. The lowest BCUT2D eigenvalue weighted by Crippen LogP contribution is -2.47. The summed E-state index contributed by atoms with van der Waals surface area (Å²) in [5.41, 5.74) is 0. The van der Waals surface area contributed by atoms with Crippen LogP contribution in [0.15, 0.2) is 0 Å². The molecule has 1 fully saturated rings. The fraction of sp³-hybridized carbons (Fsp3) is 1.00. The number of unbranched alkanes of at least 4 members (excludes halogenated alkanes) is 6. The van der Waals surface area contributed by atoms with Gasteiger partial charge in [-0.2, -0.15) is 0 Å². The number of hydrogen-bond acceptors (Lipinski definition) is 2. The van der Waals surface area contributed by atoms with E-state index in [9.17, 15) is 0 Å². The highest BCUT2D eigenvalue weighted by Gasteiger charge is 2.15. The lowest BCUT2D eigenvalue weighted by Gasteiger charge is -2.34. The van der Waals surface area contributed by atoms with Gasteiger partial charge in [0, 0.05) is 38.1 Å². The van der Waals surface area contributed by atoms with Crippen LogP contribution in [0.5, 0.6) is 0 Å². The summed E-state index contributed by atoms with van der Waals surface area (Å²) in [6.07, 6.45) is 9.97.